The van der Waals surface area contributed by atoms with E-state index in [9.17, 15) is 0 Å². The summed E-state index contributed by atoms with van der Waals surface area (Å²) in [5.74, 6) is 0. The van der Waals surface area contributed by atoms with Crippen LogP contribution in [-0.4, -0.2) is 10.1 Å². The topological polar surface area (TPSA) is 51.0 Å². The van der Waals surface area contributed by atoms with Crippen molar-refractivity contribution >= 4 is 28.2 Å². The molecule has 0 saturated carbocycles. The molecule has 3 rings (SSSR count). The Balaban J connectivity index is 1.92. The Hall–Kier alpha value is -2.07. The molecule has 0 aliphatic rings. The number of benzene rings is 1. The minimum atomic E-state index is 0.609. The average Bonchev–Trinajstić information content (AvgIpc) is 2.89. The molecule has 0 aliphatic carbocycles. The Morgan fingerprint density at radius 3 is 3.00 bits per heavy atom. The summed E-state index contributed by atoms with van der Waals surface area (Å²) in [6.45, 7) is 0.609. The third-order valence-corrected chi connectivity index (χ3v) is 2.89. The minimum absolute atomic E-state index is 0.609. The number of rotatable bonds is 3. The number of fused-ring (bicyclic) bond motifs is 1. The molecule has 0 radical (unpaired) electrons. The van der Waals surface area contributed by atoms with Gasteiger partial charge in [0, 0.05) is 28.4 Å². The zero-order chi connectivity index (χ0) is 12.4. The second kappa shape index (κ2) is 4.66. The molecule has 1 N–H and O–H groups in total. The normalized spacial score (nSPS) is 10.7. The van der Waals surface area contributed by atoms with Crippen molar-refractivity contribution in [2.45, 2.75) is 6.54 Å². The van der Waals surface area contributed by atoms with E-state index in [0.29, 0.717) is 11.6 Å². The lowest BCUT2D eigenvalue weighted by atomic mass is 10.2. The molecule has 4 nitrogen and oxygen atoms in total. The van der Waals surface area contributed by atoms with Crippen LogP contribution in [0, 0.1) is 0 Å². The van der Waals surface area contributed by atoms with Gasteiger partial charge in [0.2, 0.25) is 0 Å². The molecule has 0 bridgehead atoms. The zero-order valence-corrected chi connectivity index (χ0v) is 10.2. The first-order valence-electron chi connectivity index (χ1n) is 5.50. The molecule has 2 aromatic heterocycles. The van der Waals surface area contributed by atoms with Crippen LogP contribution in [0.4, 0.5) is 5.69 Å². The molecule has 1 aromatic carbocycles. The van der Waals surface area contributed by atoms with Crippen molar-refractivity contribution in [2.24, 2.45) is 0 Å². The average molecular weight is 260 g/mol. The maximum absolute atomic E-state index is 5.95. The first-order chi connectivity index (χ1) is 8.83. The minimum Gasteiger partial charge on any atom is -0.379 e. The number of pyridine rings is 1. The van der Waals surface area contributed by atoms with Gasteiger partial charge < -0.3 is 9.84 Å². The SMILES string of the molecule is Clc1ccc2c(NCc3ccon3)ccnc2c1. The molecule has 2 heterocycles. The van der Waals surface area contributed by atoms with E-state index in [0.717, 1.165) is 22.3 Å². The van der Waals surface area contributed by atoms with Gasteiger partial charge in [-0.3, -0.25) is 4.98 Å². The summed E-state index contributed by atoms with van der Waals surface area (Å²) in [4.78, 5) is 4.29. The molecular weight excluding hydrogens is 250 g/mol. The lowest BCUT2D eigenvalue weighted by molar-refractivity contribution is 0.412. The molecule has 18 heavy (non-hydrogen) atoms. The molecule has 0 fully saturated rings. The van der Waals surface area contributed by atoms with Crippen molar-refractivity contribution in [1.29, 1.82) is 0 Å². The van der Waals surface area contributed by atoms with Gasteiger partial charge in [-0.1, -0.05) is 16.8 Å². The summed E-state index contributed by atoms with van der Waals surface area (Å²) in [6.07, 6.45) is 3.31. The quantitative estimate of drug-likeness (QED) is 0.782. The van der Waals surface area contributed by atoms with Crippen LogP contribution in [0.2, 0.25) is 5.02 Å². The predicted octanol–water partition coefficient (Wildman–Crippen LogP) is 3.49. The van der Waals surface area contributed by atoms with Crippen LogP contribution in [-0.2, 0) is 6.54 Å². The van der Waals surface area contributed by atoms with Gasteiger partial charge in [-0.15, -0.1) is 0 Å². The van der Waals surface area contributed by atoms with Gasteiger partial charge in [0.25, 0.3) is 0 Å². The van der Waals surface area contributed by atoms with Crippen LogP contribution >= 0.6 is 11.6 Å². The predicted molar refractivity (Wildman–Crippen MR) is 70.6 cm³/mol. The fourth-order valence-electron chi connectivity index (χ4n) is 1.79. The second-order valence-electron chi connectivity index (χ2n) is 3.86. The van der Waals surface area contributed by atoms with Crippen LogP contribution in [0.5, 0.6) is 0 Å². The van der Waals surface area contributed by atoms with E-state index in [1.54, 1.807) is 12.5 Å². The van der Waals surface area contributed by atoms with E-state index in [1.807, 2.05) is 30.3 Å². The van der Waals surface area contributed by atoms with Crippen molar-refractivity contribution in [2.75, 3.05) is 5.32 Å². The van der Waals surface area contributed by atoms with Crippen LogP contribution < -0.4 is 5.32 Å². The van der Waals surface area contributed by atoms with Crippen LogP contribution in [0.3, 0.4) is 0 Å². The van der Waals surface area contributed by atoms with Gasteiger partial charge >= 0.3 is 0 Å². The lowest BCUT2D eigenvalue weighted by Crippen LogP contribution is -2.00. The summed E-state index contributed by atoms with van der Waals surface area (Å²) in [6, 6.07) is 9.41. The molecule has 0 atom stereocenters. The van der Waals surface area contributed by atoms with Gasteiger partial charge in [-0.25, -0.2) is 0 Å². The first-order valence-corrected chi connectivity index (χ1v) is 5.88. The molecular formula is C13H10ClN3O. The highest BCUT2D eigenvalue weighted by Crippen LogP contribution is 2.24. The maximum Gasteiger partial charge on any atom is 0.124 e. The highest BCUT2D eigenvalue weighted by Gasteiger charge is 2.03. The van der Waals surface area contributed by atoms with E-state index < -0.39 is 0 Å². The summed E-state index contributed by atoms with van der Waals surface area (Å²) >= 11 is 5.95. The van der Waals surface area contributed by atoms with Gasteiger partial charge in [0.1, 0.15) is 12.0 Å². The van der Waals surface area contributed by atoms with Crippen LogP contribution in [0.1, 0.15) is 5.69 Å². The zero-order valence-electron chi connectivity index (χ0n) is 9.43. The number of hydrogen-bond donors (Lipinski definition) is 1. The van der Waals surface area contributed by atoms with Crippen molar-refractivity contribution < 1.29 is 4.52 Å². The summed E-state index contributed by atoms with van der Waals surface area (Å²) in [7, 11) is 0. The Bertz CT molecular complexity index is 667. The number of nitrogens with zero attached hydrogens (tertiary/aromatic N) is 2. The molecule has 5 heteroatoms. The molecule has 0 saturated heterocycles. The van der Waals surface area contributed by atoms with Crippen molar-refractivity contribution in [3.63, 3.8) is 0 Å². The number of halogens is 1. The van der Waals surface area contributed by atoms with Gasteiger partial charge in [0.15, 0.2) is 0 Å². The second-order valence-corrected chi connectivity index (χ2v) is 4.30. The van der Waals surface area contributed by atoms with E-state index in [2.05, 4.69) is 15.5 Å². The first kappa shape index (κ1) is 11.0. The molecule has 3 aromatic rings. The monoisotopic (exact) mass is 259 g/mol. The third-order valence-electron chi connectivity index (χ3n) is 2.66. The Morgan fingerprint density at radius 2 is 2.17 bits per heavy atom. The number of aromatic nitrogens is 2. The third kappa shape index (κ3) is 2.15. The van der Waals surface area contributed by atoms with Crippen molar-refractivity contribution in [3.05, 3.63) is 53.5 Å². The highest BCUT2D eigenvalue weighted by atomic mass is 35.5. The van der Waals surface area contributed by atoms with Crippen LogP contribution in [0.25, 0.3) is 10.9 Å². The molecule has 0 amide bonds. The highest BCUT2D eigenvalue weighted by molar-refractivity contribution is 6.31. The number of hydrogen-bond acceptors (Lipinski definition) is 4. The Labute approximate surface area is 109 Å². The summed E-state index contributed by atoms with van der Waals surface area (Å²) < 4.78 is 4.79. The standard InChI is InChI=1S/C13H10ClN3O/c14-9-1-2-11-12(3-5-15-13(11)7-9)16-8-10-4-6-18-17-10/h1-7H,8H2,(H,15,16). The molecule has 0 unspecified atom stereocenters. The van der Waals surface area contributed by atoms with Crippen molar-refractivity contribution in [3.8, 4) is 0 Å². The van der Waals surface area contributed by atoms with E-state index in [4.69, 9.17) is 16.1 Å². The van der Waals surface area contributed by atoms with E-state index in [1.165, 1.54) is 0 Å². The fourth-order valence-corrected chi connectivity index (χ4v) is 1.96. The number of nitrogens with one attached hydrogen (secondary N) is 1. The van der Waals surface area contributed by atoms with Crippen LogP contribution in [0.15, 0.2) is 47.3 Å². The summed E-state index contributed by atoms with van der Waals surface area (Å²) in [5.41, 5.74) is 2.72. The molecule has 0 aliphatic heterocycles. The summed E-state index contributed by atoms with van der Waals surface area (Å²) in [5, 5.41) is 8.87. The maximum atomic E-state index is 5.95. The number of anilines is 1. The van der Waals surface area contributed by atoms with E-state index in [-0.39, 0.29) is 0 Å². The molecule has 90 valence electrons. The molecule has 0 spiro atoms. The van der Waals surface area contributed by atoms with Gasteiger partial charge in [-0.05, 0) is 24.3 Å². The Kier molecular flexibility index (Phi) is 2.86. The van der Waals surface area contributed by atoms with Gasteiger partial charge in [-0.2, -0.15) is 0 Å². The van der Waals surface area contributed by atoms with Gasteiger partial charge in [0.05, 0.1) is 12.1 Å². The smallest absolute Gasteiger partial charge is 0.124 e. The van der Waals surface area contributed by atoms with Crippen molar-refractivity contribution in [1.82, 2.24) is 10.1 Å². The largest absolute Gasteiger partial charge is 0.379 e. The van der Waals surface area contributed by atoms with E-state index >= 15 is 0 Å². The lowest BCUT2D eigenvalue weighted by Gasteiger charge is -2.07. The Morgan fingerprint density at radius 1 is 1.22 bits per heavy atom. The fraction of sp³-hybridized carbons (Fsp3) is 0.0769.